The number of rotatable bonds is 3. The van der Waals surface area contributed by atoms with Gasteiger partial charge in [-0.2, -0.15) is 5.26 Å². The number of nitrogens with zero attached hydrogens (tertiary/aromatic N) is 2. The first-order chi connectivity index (χ1) is 12.5. The number of carbonyl (C=O) groups excluding carboxylic acids is 1. The number of hydrogen-bond donors (Lipinski definition) is 2. The summed E-state index contributed by atoms with van der Waals surface area (Å²) in [5, 5.41) is 22.1. The second-order valence-corrected chi connectivity index (χ2v) is 6.62. The van der Waals surface area contributed by atoms with Crippen molar-refractivity contribution in [2.24, 2.45) is 5.92 Å². The zero-order valence-corrected chi connectivity index (χ0v) is 14.6. The molecule has 3 rings (SSSR count). The summed E-state index contributed by atoms with van der Waals surface area (Å²) in [6.07, 6.45) is 1.19. The highest BCUT2D eigenvalue weighted by molar-refractivity contribution is 6.31. The maximum Gasteiger partial charge on any atom is 0.227 e. The minimum absolute atomic E-state index is 0.0369. The molecular weight excluding hydrogens is 357 g/mol. The van der Waals surface area contributed by atoms with Crippen LogP contribution in [-0.4, -0.2) is 24.1 Å². The largest absolute Gasteiger partial charge is 0.506 e. The van der Waals surface area contributed by atoms with Crippen LogP contribution in [0.15, 0.2) is 36.4 Å². The standard InChI is InChI=1S/C19H17ClFN3O2/c20-14-1-4-18(25)16(10-14)23-19(26)12-5-7-24(8-6-12)17-3-2-15(21)9-13(17)11-22/h1-4,9-10,12,25H,5-8H2,(H,23,26). The highest BCUT2D eigenvalue weighted by Crippen LogP contribution is 2.30. The third-order valence-corrected chi connectivity index (χ3v) is 4.74. The third-order valence-electron chi connectivity index (χ3n) is 4.50. The minimum atomic E-state index is -0.444. The topological polar surface area (TPSA) is 76.4 Å². The second-order valence-electron chi connectivity index (χ2n) is 6.19. The fourth-order valence-corrected chi connectivity index (χ4v) is 3.27. The van der Waals surface area contributed by atoms with Gasteiger partial charge >= 0.3 is 0 Å². The Morgan fingerprint density at radius 2 is 2.00 bits per heavy atom. The molecule has 0 aromatic heterocycles. The van der Waals surface area contributed by atoms with Gasteiger partial charge in [0.2, 0.25) is 5.91 Å². The van der Waals surface area contributed by atoms with Gasteiger partial charge in [0, 0.05) is 24.0 Å². The van der Waals surface area contributed by atoms with E-state index in [9.17, 15) is 19.6 Å². The van der Waals surface area contributed by atoms with Gasteiger partial charge in [0.25, 0.3) is 0 Å². The molecule has 2 aromatic carbocycles. The van der Waals surface area contributed by atoms with E-state index in [1.54, 1.807) is 12.1 Å². The van der Waals surface area contributed by atoms with E-state index in [-0.39, 0.29) is 28.8 Å². The second kappa shape index (κ2) is 7.63. The smallest absolute Gasteiger partial charge is 0.227 e. The average molecular weight is 374 g/mol. The highest BCUT2D eigenvalue weighted by atomic mass is 35.5. The van der Waals surface area contributed by atoms with Crippen molar-refractivity contribution in [2.75, 3.05) is 23.3 Å². The zero-order valence-electron chi connectivity index (χ0n) is 13.9. The fraction of sp³-hybridized carbons (Fsp3) is 0.263. The van der Waals surface area contributed by atoms with E-state index in [0.717, 1.165) is 0 Å². The Morgan fingerprint density at radius 3 is 2.69 bits per heavy atom. The Hall–Kier alpha value is -2.78. The molecule has 1 aliphatic rings. The molecule has 0 unspecified atom stereocenters. The number of benzene rings is 2. The van der Waals surface area contributed by atoms with Gasteiger partial charge in [-0.3, -0.25) is 4.79 Å². The molecule has 0 spiro atoms. The predicted molar refractivity (Wildman–Crippen MR) is 97.8 cm³/mol. The zero-order chi connectivity index (χ0) is 18.7. The lowest BCUT2D eigenvalue weighted by atomic mass is 9.95. The number of aromatic hydroxyl groups is 1. The van der Waals surface area contributed by atoms with E-state index in [1.807, 2.05) is 11.0 Å². The average Bonchev–Trinajstić information content (AvgIpc) is 2.64. The molecule has 0 aliphatic carbocycles. The number of piperidine rings is 1. The molecule has 134 valence electrons. The molecule has 1 aliphatic heterocycles. The number of phenols is 1. The van der Waals surface area contributed by atoms with Gasteiger partial charge in [0.15, 0.2) is 0 Å². The Bertz CT molecular complexity index is 874. The van der Waals surface area contributed by atoms with Crippen LogP contribution in [0.3, 0.4) is 0 Å². The van der Waals surface area contributed by atoms with Crippen LogP contribution in [-0.2, 0) is 4.79 Å². The summed E-state index contributed by atoms with van der Waals surface area (Å²) in [7, 11) is 0. The molecule has 26 heavy (non-hydrogen) atoms. The maximum absolute atomic E-state index is 13.3. The van der Waals surface area contributed by atoms with E-state index in [0.29, 0.717) is 36.6 Å². The van der Waals surface area contributed by atoms with Crippen LogP contribution < -0.4 is 10.2 Å². The van der Waals surface area contributed by atoms with E-state index in [4.69, 9.17) is 11.6 Å². The first kappa shape index (κ1) is 18.0. The number of halogens is 2. The molecule has 0 bridgehead atoms. The van der Waals surface area contributed by atoms with Gasteiger partial charge in [0.05, 0.1) is 16.9 Å². The van der Waals surface area contributed by atoms with E-state index in [2.05, 4.69) is 5.32 Å². The van der Waals surface area contributed by atoms with E-state index < -0.39 is 5.82 Å². The molecule has 7 heteroatoms. The number of hydrogen-bond acceptors (Lipinski definition) is 4. The van der Waals surface area contributed by atoms with Crippen LogP contribution in [0, 0.1) is 23.1 Å². The lowest BCUT2D eigenvalue weighted by Crippen LogP contribution is -2.38. The molecule has 2 aromatic rings. The lowest BCUT2D eigenvalue weighted by molar-refractivity contribution is -0.120. The Labute approximate surface area is 155 Å². The van der Waals surface area contributed by atoms with Crippen molar-refractivity contribution in [1.29, 1.82) is 5.26 Å². The van der Waals surface area contributed by atoms with Crippen molar-refractivity contribution >= 4 is 28.9 Å². The van der Waals surface area contributed by atoms with Gasteiger partial charge in [0.1, 0.15) is 17.6 Å². The SMILES string of the molecule is N#Cc1cc(F)ccc1N1CCC(C(=O)Nc2cc(Cl)ccc2O)CC1. The van der Waals surface area contributed by atoms with Crippen molar-refractivity contribution in [3.63, 3.8) is 0 Å². The van der Waals surface area contributed by atoms with Crippen LogP contribution in [0.25, 0.3) is 0 Å². The number of nitriles is 1. The molecule has 0 radical (unpaired) electrons. The van der Waals surface area contributed by atoms with Gasteiger partial charge in [-0.05, 0) is 49.2 Å². The summed E-state index contributed by atoms with van der Waals surface area (Å²) in [6.45, 7) is 1.17. The van der Waals surface area contributed by atoms with Gasteiger partial charge in [-0.1, -0.05) is 11.6 Å². The van der Waals surface area contributed by atoms with Crippen LogP contribution in [0.4, 0.5) is 15.8 Å². The summed E-state index contributed by atoms with van der Waals surface area (Å²) in [6, 6.07) is 10.6. The minimum Gasteiger partial charge on any atom is -0.506 e. The normalized spacial score (nSPS) is 14.7. The molecular formula is C19H17ClFN3O2. The summed E-state index contributed by atoms with van der Waals surface area (Å²) in [5.74, 6) is -0.872. The number of carbonyl (C=O) groups is 1. The van der Waals surface area contributed by atoms with Crippen molar-refractivity contribution < 1.29 is 14.3 Å². The quantitative estimate of drug-likeness (QED) is 0.800. The summed E-state index contributed by atoms with van der Waals surface area (Å²) >= 11 is 5.89. The molecule has 1 heterocycles. The van der Waals surface area contributed by atoms with Crippen molar-refractivity contribution in [1.82, 2.24) is 0 Å². The van der Waals surface area contributed by atoms with Crippen LogP contribution in [0.1, 0.15) is 18.4 Å². The first-order valence-corrected chi connectivity index (χ1v) is 8.59. The number of amides is 1. The number of phenolic OH excluding ortho intramolecular Hbond substituents is 1. The van der Waals surface area contributed by atoms with Gasteiger partial charge in [-0.25, -0.2) is 4.39 Å². The third kappa shape index (κ3) is 3.89. The van der Waals surface area contributed by atoms with E-state index in [1.165, 1.54) is 24.3 Å². The summed E-state index contributed by atoms with van der Waals surface area (Å²) < 4.78 is 13.3. The monoisotopic (exact) mass is 373 g/mol. The first-order valence-electron chi connectivity index (χ1n) is 8.22. The number of anilines is 2. The molecule has 1 saturated heterocycles. The predicted octanol–water partition coefficient (Wildman–Crippen LogP) is 3.91. The van der Waals surface area contributed by atoms with Crippen molar-refractivity contribution in [2.45, 2.75) is 12.8 Å². The lowest BCUT2D eigenvalue weighted by Gasteiger charge is -2.33. The fourth-order valence-electron chi connectivity index (χ4n) is 3.10. The maximum atomic E-state index is 13.3. The molecule has 0 saturated carbocycles. The van der Waals surface area contributed by atoms with E-state index >= 15 is 0 Å². The van der Waals surface area contributed by atoms with Gasteiger partial charge in [-0.15, -0.1) is 0 Å². The molecule has 5 nitrogen and oxygen atoms in total. The van der Waals surface area contributed by atoms with Crippen LogP contribution in [0.2, 0.25) is 5.02 Å². The Balaban J connectivity index is 1.64. The molecule has 2 N–H and O–H groups in total. The van der Waals surface area contributed by atoms with Crippen LogP contribution >= 0.6 is 11.6 Å². The van der Waals surface area contributed by atoms with Gasteiger partial charge < -0.3 is 15.3 Å². The Morgan fingerprint density at radius 1 is 1.27 bits per heavy atom. The molecule has 1 amide bonds. The number of nitrogens with one attached hydrogen (secondary N) is 1. The summed E-state index contributed by atoms with van der Waals surface area (Å²) in [4.78, 5) is 14.4. The van der Waals surface area contributed by atoms with Crippen molar-refractivity contribution in [3.05, 3.63) is 52.8 Å². The Kier molecular flexibility index (Phi) is 5.29. The summed E-state index contributed by atoms with van der Waals surface area (Å²) in [5.41, 5.74) is 1.26. The molecule has 0 atom stereocenters. The molecule has 1 fully saturated rings. The highest BCUT2D eigenvalue weighted by Gasteiger charge is 2.26. The van der Waals surface area contributed by atoms with Crippen LogP contribution in [0.5, 0.6) is 5.75 Å². The van der Waals surface area contributed by atoms with Crippen molar-refractivity contribution in [3.8, 4) is 11.8 Å².